The van der Waals surface area contributed by atoms with E-state index in [1.54, 1.807) is 23.1 Å². The quantitative estimate of drug-likeness (QED) is 0.819. The average Bonchev–Trinajstić information content (AvgIpc) is 3.07. The maximum Gasteiger partial charge on any atom is 0.253 e. The Labute approximate surface area is 164 Å². The van der Waals surface area contributed by atoms with Crippen molar-refractivity contribution in [3.8, 4) is 0 Å². The summed E-state index contributed by atoms with van der Waals surface area (Å²) in [6.07, 6.45) is 4.59. The van der Waals surface area contributed by atoms with Crippen molar-refractivity contribution >= 4 is 16.9 Å². The van der Waals surface area contributed by atoms with Crippen molar-refractivity contribution in [1.29, 1.82) is 0 Å². The predicted octanol–water partition coefficient (Wildman–Crippen LogP) is 1.09. The lowest BCUT2D eigenvalue weighted by molar-refractivity contribution is -0.205. The van der Waals surface area contributed by atoms with Gasteiger partial charge in [-0.3, -0.25) is 14.5 Å². The topological polar surface area (TPSA) is 92.5 Å². The molecule has 2 N–H and O–H groups in total. The third kappa shape index (κ3) is 3.19. The Morgan fingerprint density at radius 2 is 2.11 bits per heavy atom. The molecule has 2 aliphatic rings. The number of nitrogens with zero attached hydrogens (tertiary/aromatic N) is 4. The summed E-state index contributed by atoms with van der Waals surface area (Å²) in [6.45, 7) is 7.40. The Morgan fingerprint density at radius 3 is 2.82 bits per heavy atom. The molecule has 1 amide bonds. The number of carbonyl (C=O) groups is 1. The van der Waals surface area contributed by atoms with E-state index in [-0.39, 0.29) is 5.91 Å². The predicted molar refractivity (Wildman–Crippen MR) is 105 cm³/mol. The van der Waals surface area contributed by atoms with Crippen molar-refractivity contribution in [3.05, 3.63) is 24.0 Å². The summed E-state index contributed by atoms with van der Waals surface area (Å²) in [5.41, 5.74) is 0.680. The molecule has 4 heterocycles. The van der Waals surface area contributed by atoms with E-state index >= 15 is 0 Å². The lowest BCUT2D eigenvalue weighted by atomic mass is 9.73. The van der Waals surface area contributed by atoms with Gasteiger partial charge in [0.15, 0.2) is 0 Å². The number of aryl methyl sites for hydroxylation is 1. The molecule has 2 aromatic rings. The second-order valence-corrected chi connectivity index (χ2v) is 8.27. The van der Waals surface area contributed by atoms with Gasteiger partial charge in [-0.05, 0) is 38.8 Å². The molecule has 0 bridgehead atoms. The smallest absolute Gasteiger partial charge is 0.253 e. The van der Waals surface area contributed by atoms with Crippen LogP contribution in [-0.4, -0.2) is 74.2 Å². The first kappa shape index (κ1) is 19.3. The molecule has 1 spiro atoms. The van der Waals surface area contributed by atoms with Gasteiger partial charge in [0.25, 0.3) is 5.91 Å². The standard InChI is InChI=1S/C20H29N5O3/c1-4-25-8-5-20(6-9-25)18(27)19(2,7-10-28-20)23-17(26)14-11-16-15(21-12-14)13-22-24(16)3/h11-13,18,27H,4-10H2,1-3H3,(H,23,26)/t18-,19+/m1/s1. The summed E-state index contributed by atoms with van der Waals surface area (Å²) in [5, 5.41) is 18.5. The normalized spacial score (nSPS) is 27.9. The number of likely N-dealkylation sites (tertiary alicyclic amines) is 1. The molecule has 2 aliphatic heterocycles. The van der Waals surface area contributed by atoms with Crippen LogP contribution in [0.4, 0.5) is 0 Å². The van der Waals surface area contributed by atoms with Crippen LogP contribution in [0, 0.1) is 0 Å². The maximum absolute atomic E-state index is 13.0. The van der Waals surface area contributed by atoms with Crippen LogP contribution < -0.4 is 5.32 Å². The molecular formula is C20H29N5O3. The number of aliphatic hydroxyl groups excluding tert-OH is 1. The number of carbonyl (C=O) groups excluding carboxylic acids is 1. The summed E-state index contributed by atoms with van der Waals surface area (Å²) in [7, 11) is 1.82. The number of piperidine rings is 1. The van der Waals surface area contributed by atoms with Crippen molar-refractivity contribution in [2.45, 2.75) is 50.4 Å². The highest BCUT2D eigenvalue weighted by Crippen LogP contribution is 2.40. The Kier molecular flexibility index (Phi) is 4.89. The molecule has 4 rings (SSSR count). The van der Waals surface area contributed by atoms with E-state index in [0.29, 0.717) is 18.6 Å². The number of aromatic nitrogens is 3. The monoisotopic (exact) mass is 387 g/mol. The minimum atomic E-state index is -0.759. The Morgan fingerprint density at radius 1 is 1.36 bits per heavy atom. The highest BCUT2D eigenvalue weighted by molar-refractivity contribution is 5.97. The fourth-order valence-corrected chi connectivity index (χ4v) is 4.54. The maximum atomic E-state index is 13.0. The second-order valence-electron chi connectivity index (χ2n) is 8.27. The van der Waals surface area contributed by atoms with Crippen molar-refractivity contribution in [2.75, 3.05) is 26.2 Å². The number of hydrogen-bond acceptors (Lipinski definition) is 6. The number of ether oxygens (including phenoxy) is 1. The van der Waals surface area contributed by atoms with Crippen LogP contribution in [0.1, 0.15) is 43.5 Å². The van der Waals surface area contributed by atoms with E-state index in [2.05, 4.69) is 27.2 Å². The van der Waals surface area contributed by atoms with E-state index < -0.39 is 17.2 Å². The van der Waals surface area contributed by atoms with Crippen LogP contribution in [-0.2, 0) is 11.8 Å². The van der Waals surface area contributed by atoms with Crippen LogP contribution in [0.25, 0.3) is 11.0 Å². The fraction of sp³-hybridized carbons (Fsp3) is 0.650. The Bertz CT molecular complexity index is 874. The summed E-state index contributed by atoms with van der Waals surface area (Å²) in [5.74, 6) is -0.236. The zero-order chi connectivity index (χ0) is 19.9. The van der Waals surface area contributed by atoms with Crippen molar-refractivity contribution in [2.24, 2.45) is 7.05 Å². The van der Waals surface area contributed by atoms with E-state index in [9.17, 15) is 9.90 Å². The van der Waals surface area contributed by atoms with Gasteiger partial charge in [0.05, 0.1) is 28.4 Å². The first-order valence-electron chi connectivity index (χ1n) is 10.0. The zero-order valence-corrected chi connectivity index (χ0v) is 16.8. The third-order valence-corrected chi connectivity index (χ3v) is 6.52. The lowest BCUT2D eigenvalue weighted by Crippen LogP contribution is -2.69. The van der Waals surface area contributed by atoms with E-state index in [4.69, 9.17) is 4.74 Å². The number of hydrogen-bond donors (Lipinski definition) is 2. The summed E-state index contributed by atoms with van der Waals surface area (Å²) < 4.78 is 7.80. The van der Waals surface area contributed by atoms with Crippen molar-refractivity contribution < 1.29 is 14.6 Å². The number of nitrogens with one attached hydrogen (secondary N) is 1. The minimum Gasteiger partial charge on any atom is -0.388 e. The molecule has 28 heavy (non-hydrogen) atoms. The molecule has 8 nitrogen and oxygen atoms in total. The van der Waals surface area contributed by atoms with Crippen LogP contribution in [0.2, 0.25) is 0 Å². The Balaban J connectivity index is 1.53. The van der Waals surface area contributed by atoms with Gasteiger partial charge in [0.2, 0.25) is 0 Å². The number of aliphatic hydroxyl groups is 1. The average molecular weight is 387 g/mol. The van der Waals surface area contributed by atoms with Gasteiger partial charge in [-0.15, -0.1) is 0 Å². The molecule has 2 fully saturated rings. The van der Waals surface area contributed by atoms with Gasteiger partial charge in [-0.2, -0.15) is 5.10 Å². The van der Waals surface area contributed by atoms with Gasteiger partial charge in [0, 0.05) is 32.9 Å². The lowest BCUT2D eigenvalue weighted by Gasteiger charge is -2.53. The van der Waals surface area contributed by atoms with Gasteiger partial charge < -0.3 is 20.1 Å². The molecule has 0 radical (unpaired) electrons. The highest BCUT2D eigenvalue weighted by Gasteiger charge is 2.53. The first-order valence-corrected chi connectivity index (χ1v) is 10.0. The molecule has 2 atom stereocenters. The SMILES string of the molecule is CCN1CCC2(CC1)OCC[C@](C)(NC(=O)c1cnc3cnn(C)c3c1)[C@H]2O. The van der Waals surface area contributed by atoms with Crippen LogP contribution in [0.3, 0.4) is 0 Å². The van der Waals surface area contributed by atoms with Crippen LogP contribution in [0.15, 0.2) is 18.5 Å². The van der Waals surface area contributed by atoms with E-state index in [0.717, 1.165) is 43.5 Å². The summed E-state index contributed by atoms with van der Waals surface area (Å²) in [4.78, 5) is 19.7. The molecule has 2 saturated heterocycles. The first-order chi connectivity index (χ1) is 13.4. The Hall–Kier alpha value is -2.03. The number of fused-ring (bicyclic) bond motifs is 1. The van der Waals surface area contributed by atoms with Crippen LogP contribution in [0.5, 0.6) is 0 Å². The molecule has 8 heteroatoms. The van der Waals surface area contributed by atoms with Crippen molar-refractivity contribution in [3.63, 3.8) is 0 Å². The molecule has 0 aliphatic carbocycles. The second kappa shape index (κ2) is 7.09. The third-order valence-electron chi connectivity index (χ3n) is 6.52. The molecule has 0 aromatic carbocycles. The van der Waals surface area contributed by atoms with Gasteiger partial charge >= 0.3 is 0 Å². The van der Waals surface area contributed by atoms with Gasteiger partial charge in [0.1, 0.15) is 11.6 Å². The largest absolute Gasteiger partial charge is 0.388 e. The fourth-order valence-electron chi connectivity index (χ4n) is 4.54. The molecule has 2 aromatic heterocycles. The zero-order valence-electron chi connectivity index (χ0n) is 16.8. The van der Waals surface area contributed by atoms with Crippen molar-refractivity contribution in [1.82, 2.24) is 25.0 Å². The van der Waals surface area contributed by atoms with Crippen LogP contribution >= 0.6 is 0 Å². The summed E-state index contributed by atoms with van der Waals surface area (Å²) >= 11 is 0. The van der Waals surface area contributed by atoms with E-state index in [1.165, 1.54) is 0 Å². The molecular weight excluding hydrogens is 358 g/mol. The molecule has 152 valence electrons. The molecule has 0 saturated carbocycles. The number of amides is 1. The van der Waals surface area contributed by atoms with Gasteiger partial charge in [-0.25, -0.2) is 0 Å². The van der Waals surface area contributed by atoms with Gasteiger partial charge in [-0.1, -0.05) is 6.92 Å². The van der Waals surface area contributed by atoms with E-state index in [1.807, 2.05) is 14.0 Å². The number of rotatable bonds is 3. The summed E-state index contributed by atoms with van der Waals surface area (Å²) in [6, 6.07) is 1.79. The number of pyridine rings is 1. The minimum absolute atomic E-state index is 0.236. The molecule has 0 unspecified atom stereocenters. The highest BCUT2D eigenvalue weighted by atomic mass is 16.5.